The van der Waals surface area contributed by atoms with E-state index in [4.69, 9.17) is 19.4 Å². The van der Waals surface area contributed by atoms with E-state index in [1.54, 1.807) is 0 Å². The van der Waals surface area contributed by atoms with Crippen molar-refractivity contribution in [2.24, 2.45) is 0 Å². The van der Waals surface area contributed by atoms with E-state index >= 15 is 0 Å². The van der Waals surface area contributed by atoms with Gasteiger partial charge in [-0.3, -0.25) is 0 Å². The minimum absolute atomic E-state index is 0.589. The van der Waals surface area contributed by atoms with Crippen LogP contribution in [0.15, 0.2) is 142 Å². The molecule has 0 atom stereocenters. The molecule has 4 nitrogen and oxygen atoms in total. The van der Waals surface area contributed by atoms with Gasteiger partial charge in [-0.2, -0.15) is 0 Å². The molecule has 0 saturated heterocycles. The molecule has 0 amide bonds. The zero-order valence-corrected chi connectivity index (χ0v) is 24.9. The van der Waals surface area contributed by atoms with Crippen LogP contribution in [0, 0.1) is 0 Å². The third kappa shape index (κ3) is 3.94. The highest BCUT2D eigenvalue weighted by molar-refractivity contribution is 9.10. The summed E-state index contributed by atoms with van der Waals surface area (Å²) in [6, 6.07) is 45.9. The molecule has 0 N–H and O–H groups in total. The van der Waals surface area contributed by atoms with Crippen molar-refractivity contribution in [3.63, 3.8) is 0 Å². The summed E-state index contributed by atoms with van der Waals surface area (Å²) in [5.74, 6) is 1.81. The maximum atomic E-state index is 6.21. The number of benzene rings is 7. The molecule has 44 heavy (non-hydrogen) atoms. The van der Waals surface area contributed by atoms with Crippen LogP contribution in [0.5, 0.6) is 0 Å². The van der Waals surface area contributed by atoms with Gasteiger partial charge in [-0.15, -0.1) is 0 Å². The van der Waals surface area contributed by atoms with Crippen molar-refractivity contribution in [2.75, 3.05) is 0 Å². The number of hydrogen-bond donors (Lipinski definition) is 0. The van der Waals surface area contributed by atoms with Gasteiger partial charge < -0.3 is 4.42 Å². The second-order valence-electron chi connectivity index (χ2n) is 11.0. The highest BCUT2D eigenvalue weighted by Gasteiger charge is 2.18. The van der Waals surface area contributed by atoms with Gasteiger partial charge in [0.25, 0.3) is 0 Å². The maximum absolute atomic E-state index is 6.21. The fourth-order valence-electron chi connectivity index (χ4n) is 6.30. The predicted molar refractivity (Wildman–Crippen MR) is 184 cm³/mol. The highest BCUT2D eigenvalue weighted by atomic mass is 79.9. The van der Waals surface area contributed by atoms with Crippen LogP contribution in [0.4, 0.5) is 0 Å². The van der Waals surface area contributed by atoms with Gasteiger partial charge in [0.2, 0.25) is 0 Å². The molecule has 2 aromatic heterocycles. The normalized spacial score (nSPS) is 11.8. The van der Waals surface area contributed by atoms with E-state index in [-0.39, 0.29) is 0 Å². The van der Waals surface area contributed by atoms with Crippen molar-refractivity contribution < 1.29 is 4.42 Å². The molecule has 9 aromatic rings. The summed E-state index contributed by atoms with van der Waals surface area (Å²) >= 11 is 3.90. The quantitative estimate of drug-likeness (QED) is 0.183. The molecule has 0 aliphatic heterocycles. The fourth-order valence-corrected chi connectivity index (χ4v) is 6.82. The van der Waals surface area contributed by atoms with E-state index in [2.05, 4.69) is 94.8 Å². The molecular weight excluding hydrogens is 606 g/mol. The highest BCUT2D eigenvalue weighted by Crippen LogP contribution is 2.40. The molecule has 0 radical (unpaired) electrons. The van der Waals surface area contributed by atoms with Gasteiger partial charge in [-0.05, 0) is 62.6 Å². The van der Waals surface area contributed by atoms with Crippen molar-refractivity contribution in [1.82, 2.24) is 15.0 Å². The van der Waals surface area contributed by atoms with Crippen molar-refractivity contribution >= 4 is 70.2 Å². The Bertz CT molecular complexity index is 2570. The van der Waals surface area contributed by atoms with Crippen molar-refractivity contribution in [2.45, 2.75) is 0 Å². The van der Waals surface area contributed by atoms with Gasteiger partial charge in [-0.1, -0.05) is 119 Å². The number of aromatic nitrogens is 3. The summed E-state index contributed by atoms with van der Waals surface area (Å²) in [6.07, 6.45) is 0. The number of nitrogens with zero attached hydrogens (tertiary/aromatic N) is 3. The van der Waals surface area contributed by atoms with Crippen molar-refractivity contribution in [1.29, 1.82) is 0 Å². The molecule has 0 fully saturated rings. The second-order valence-corrected chi connectivity index (χ2v) is 11.8. The van der Waals surface area contributed by atoms with Crippen LogP contribution in [0.25, 0.3) is 88.4 Å². The summed E-state index contributed by atoms with van der Waals surface area (Å²) in [5, 5.41) is 9.38. The molecule has 0 unspecified atom stereocenters. The molecule has 5 heteroatoms. The van der Waals surface area contributed by atoms with Crippen LogP contribution in [0.3, 0.4) is 0 Å². The SMILES string of the molecule is Brc1cc2c3ccccc3c3ccccc3c2cc1-c1nc(-c2ccccc2)nc(-c2ccc3c(c2)oc2ccccc23)n1. The molecule has 0 bridgehead atoms. The van der Waals surface area contributed by atoms with Crippen LogP contribution >= 0.6 is 15.9 Å². The molecule has 9 rings (SSSR count). The van der Waals surface area contributed by atoms with Crippen LogP contribution in [-0.4, -0.2) is 15.0 Å². The Morgan fingerprint density at radius 1 is 0.386 bits per heavy atom. The maximum Gasteiger partial charge on any atom is 0.165 e. The first-order chi connectivity index (χ1) is 21.7. The first kappa shape index (κ1) is 25.1. The lowest BCUT2D eigenvalue weighted by atomic mass is 9.93. The monoisotopic (exact) mass is 627 g/mol. The van der Waals surface area contributed by atoms with Crippen LogP contribution in [0.1, 0.15) is 0 Å². The van der Waals surface area contributed by atoms with Crippen molar-refractivity contribution in [3.8, 4) is 34.2 Å². The van der Waals surface area contributed by atoms with Crippen LogP contribution in [-0.2, 0) is 0 Å². The number of furan rings is 1. The van der Waals surface area contributed by atoms with E-state index in [0.717, 1.165) is 48.5 Å². The Labute approximate surface area is 260 Å². The third-order valence-electron chi connectivity index (χ3n) is 8.38. The summed E-state index contributed by atoms with van der Waals surface area (Å²) < 4.78 is 7.13. The second kappa shape index (κ2) is 9.83. The van der Waals surface area contributed by atoms with Gasteiger partial charge in [0.1, 0.15) is 11.2 Å². The molecule has 7 aromatic carbocycles. The van der Waals surface area contributed by atoms with E-state index in [9.17, 15) is 0 Å². The number of fused-ring (bicyclic) bond motifs is 9. The lowest BCUT2D eigenvalue weighted by Gasteiger charge is -2.14. The number of rotatable bonds is 3. The Hall–Kier alpha value is -5.39. The predicted octanol–water partition coefficient (Wildman–Crippen LogP) is 11.0. The van der Waals surface area contributed by atoms with Gasteiger partial charge in [0.15, 0.2) is 17.5 Å². The lowest BCUT2D eigenvalue weighted by molar-refractivity contribution is 0.669. The Balaban J connectivity index is 1.30. The van der Waals surface area contributed by atoms with E-state index < -0.39 is 0 Å². The number of hydrogen-bond acceptors (Lipinski definition) is 4. The van der Waals surface area contributed by atoms with Gasteiger partial charge in [-0.25, -0.2) is 15.0 Å². The molecular formula is C39H22BrN3O. The zero-order chi connectivity index (χ0) is 29.2. The Morgan fingerprint density at radius 2 is 0.909 bits per heavy atom. The average molecular weight is 629 g/mol. The minimum atomic E-state index is 0.589. The Kier molecular flexibility index (Phi) is 5.62. The smallest absolute Gasteiger partial charge is 0.165 e. The van der Waals surface area contributed by atoms with Gasteiger partial charge in [0.05, 0.1) is 0 Å². The van der Waals surface area contributed by atoms with Crippen molar-refractivity contribution in [3.05, 3.63) is 138 Å². The fraction of sp³-hybridized carbons (Fsp3) is 0. The lowest BCUT2D eigenvalue weighted by Crippen LogP contribution is -2.00. The van der Waals surface area contributed by atoms with Gasteiger partial charge in [0, 0.05) is 31.9 Å². The van der Waals surface area contributed by atoms with E-state index in [1.165, 1.54) is 26.9 Å². The summed E-state index contributed by atoms with van der Waals surface area (Å²) in [7, 11) is 0. The summed E-state index contributed by atoms with van der Waals surface area (Å²) in [5.41, 5.74) is 4.36. The average Bonchev–Trinajstić information content (AvgIpc) is 3.46. The first-order valence-electron chi connectivity index (χ1n) is 14.5. The standard InChI is InChI=1S/C39H22BrN3O/c40-34-22-32-28-15-7-5-13-26(28)25-12-4-6-14-27(25)31(32)21-33(34)39-42-37(23-10-2-1-3-11-23)41-38(43-39)24-18-19-30-29-16-8-9-17-35(29)44-36(30)20-24/h1-22H. The Morgan fingerprint density at radius 3 is 1.61 bits per heavy atom. The zero-order valence-electron chi connectivity index (χ0n) is 23.3. The number of para-hydroxylation sites is 1. The van der Waals surface area contributed by atoms with Crippen LogP contribution in [0.2, 0.25) is 0 Å². The van der Waals surface area contributed by atoms with E-state index in [0.29, 0.717) is 17.5 Å². The van der Waals surface area contributed by atoms with E-state index in [1.807, 2.05) is 54.6 Å². The minimum Gasteiger partial charge on any atom is -0.456 e. The van der Waals surface area contributed by atoms with Gasteiger partial charge >= 0.3 is 0 Å². The third-order valence-corrected chi connectivity index (χ3v) is 9.03. The number of halogens is 1. The molecule has 0 aliphatic rings. The molecule has 0 saturated carbocycles. The molecule has 2 heterocycles. The summed E-state index contributed by atoms with van der Waals surface area (Å²) in [4.78, 5) is 15.1. The molecule has 0 spiro atoms. The molecule has 0 aliphatic carbocycles. The van der Waals surface area contributed by atoms with Crippen LogP contribution < -0.4 is 0 Å². The topological polar surface area (TPSA) is 51.8 Å². The summed E-state index contributed by atoms with van der Waals surface area (Å²) in [6.45, 7) is 0. The first-order valence-corrected chi connectivity index (χ1v) is 15.3. The largest absolute Gasteiger partial charge is 0.456 e. The molecule has 206 valence electrons.